The second kappa shape index (κ2) is 14.5. The number of rotatable bonds is 11. The number of methoxy groups -OCH3 is 1. The number of phenols is 1. The Hall–Kier alpha value is -2.95. The Bertz CT molecular complexity index is 1320. The first-order chi connectivity index (χ1) is 19.5. The van der Waals surface area contributed by atoms with Crippen LogP contribution in [0.25, 0.3) is 12.2 Å². The third-order valence-corrected chi connectivity index (χ3v) is 8.11. The molecule has 4 rings (SSSR count). The number of benzene rings is 2. The van der Waals surface area contributed by atoms with Crippen LogP contribution in [-0.2, 0) is 4.79 Å². The molecule has 0 unspecified atom stereocenters. The van der Waals surface area contributed by atoms with Gasteiger partial charge in [-0.2, -0.15) is 11.8 Å². The minimum absolute atomic E-state index is 0. The van der Waals surface area contributed by atoms with Crippen LogP contribution in [0.15, 0.2) is 42.5 Å². The lowest BCUT2D eigenvalue weighted by Gasteiger charge is -2.33. The summed E-state index contributed by atoms with van der Waals surface area (Å²) in [6.45, 7) is 7.42. The number of ketones is 1. The Morgan fingerprint density at radius 2 is 1.86 bits per heavy atom. The lowest BCUT2D eigenvalue weighted by molar-refractivity contribution is -0.882. The van der Waals surface area contributed by atoms with Crippen molar-refractivity contribution in [2.75, 3.05) is 65.5 Å². The summed E-state index contributed by atoms with van der Waals surface area (Å²) in [5.74, 6) is 3.20. The van der Waals surface area contributed by atoms with Crippen molar-refractivity contribution in [3.63, 3.8) is 0 Å². The summed E-state index contributed by atoms with van der Waals surface area (Å²) in [5.41, 5.74) is 0.847. The number of halogens is 1. The molecule has 2 aromatic rings. The van der Waals surface area contributed by atoms with E-state index < -0.39 is 5.60 Å². The molecule has 0 spiro atoms. The number of fused-ring (bicyclic) bond motifs is 1. The molecule has 0 saturated carbocycles. The zero-order valence-corrected chi connectivity index (χ0v) is 27.4. The van der Waals surface area contributed by atoms with Crippen molar-refractivity contribution in [3.05, 3.63) is 59.2 Å². The molecule has 10 heteroatoms. The van der Waals surface area contributed by atoms with Crippen LogP contribution in [0.1, 0.15) is 41.8 Å². The summed E-state index contributed by atoms with van der Waals surface area (Å²) >= 11 is 1.90. The number of likely N-dealkylation sites (N-methyl/N-ethyl adjacent to an activating group) is 1. The van der Waals surface area contributed by atoms with E-state index in [0.29, 0.717) is 28.9 Å². The van der Waals surface area contributed by atoms with Crippen molar-refractivity contribution in [1.82, 2.24) is 4.90 Å². The zero-order valence-electron chi connectivity index (χ0n) is 25.0. The second-order valence-electron chi connectivity index (χ2n) is 11.5. The highest BCUT2D eigenvalue weighted by Crippen LogP contribution is 2.43. The van der Waals surface area contributed by atoms with Gasteiger partial charge in [0.2, 0.25) is 0 Å². The van der Waals surface area contributed by atoms with E-state index in [4.69, 9.17) is 14.2 Å². The Morgan fingerprint density at radius 1 is 1.17 bits per heavy atom. The summed E-state index contributed by atoms with van der Waals surface area (Å²) in [7, 11) is 5.63. The van der Waals surface area contributed by atoms with E-state index in [9.17, 15) is 14.7 Å². The summed E-state index contributed by atoms with van der Waals surface area (Å²) in [5, 5.41) is 10.9. The maximum Gasteiger partial charge on any atom is 0.277 e. The van der Waals surface area contributed by atoms with Crippen LogP contribution in [-0.4, -0.2) is 97.3 Å². The molecule has 1 amide bonds. The minimum Gasteiger partial charge on any atom is -1.00 e. The fourth-order valence-electron chi connectivity index (χ4n) is 4.85. The van der Waals surface area contributed by atoms with Crippen molar-refractivity contribution in [2.45, 2.75) is 25.9 Å². The maximum atomic E-state index is 13.1. The van der Waals surface area contributed by atoms with E-state index >= 15 is 0 Å². The monoisotopic (exact) mass is 660 g/mol. The Kier molecular flexibility index (Phi) is 11.6. The van der Waals surface area contributed by atoms with Gasteiger partial charge in [-0.05, 0) is 49.8 Å². The Morgan fingerprint density at radius 3 is 2.52 bits per heavy atom. The normalized spacial score (nSPS) is 15.9. The molecule has 42 heavy (non-hydrogen) atoms. The van der Waals surface area contributed by atoms with Gasteiger partial charge in [0.15, 0.2) is 12.3 Å². The van der Waals surface area contributed by atoms with Gasteiger partial charge in [0.1, 0.15) is 34.2 Å². The average Bonchev–Trinajstić information content (AvgIpc) is 2.94. The van der Waals surface area contributed by atoms with Gasteiger partial charge in [0.05, 0.1) is 39.9 Å². The van der Waals surface area contributed by atoms with Crippen LogP contribution in [0.2, 0.25) is 0 Å². The average molecular weight is 662 g/mol. The molecular weight excluding hydrogens is 620 g/mol. The molecule has 2 aliphatic rings. The number of phenolic OH excluding ortho intramolecular Hbond substituents is 1. The third-order valence-electron chi connectivity index (χ3n) is 7.17. The predicted octanol–water partition coefficient (Wildman–Crippen LogP) is 1.91. The summed E-state index contributed by atoms with van der Waals surface area (Å²) < 4.78 is 17.9. The summed E-state index contributed by atoms with van der Waals surface area (Å²) in [6.07, 6.45) is 7.54. The summed E-state index contributed by atoms with van der Waals surface area (Å²) in [6, 6.07) is 9.11. The number of quaternary nitrogens is 1. The molecule has 1 saturated heterocycles. The van der Waals surface area contributed by atoms with Crippen LogP contribution < -0.4 is 31.2 Å². The molecule has 1 N–H and O–H groups in total. The highest BCUT2D eigenvalue weighted by Gasteiger charge is 2.29. The number of hydrogen-bond acceptors (Lipinski definition) is 7. The SMILES string of the molecule is COc1cc2c(c(O)c1C(=O)/C=C/c1ccc(OCCC[N+](C)(C)CC(=O)N3CCSCC3)cc1)C=CC(C)(C)O2.[Br-]. The van der Waals surface area contributed by atoms with Crippen LogP contribution in [0.3, 0.4) is 0 Å². The van der Waals surface area contributed by atoms with Crippen molar-refractivity contribution in [2.24, 2.45) is 0 Å². The molecule has 2 aromatic carbocycles. The van der Waals surface area contributed by atoms with Crippen molar-refractivity contribution in [3.8, 4) is 23.0 Å². The van der Waals surface area contributed by atoms with Crippen molar-refractivity contribution >= 4 is 35.6 Å². The van der Waals surface area contributed by atoms with Gasteiger partial charge in [-0.25, -0.2) is 0 Å². The predicted molar refractivity (Wildman–Crippen MR) is 164 cm³/mol. The summed E-state index contributed by atoms with van der Waals surface area (Å²) in [4.78, 5) is 27.7. The molecule has 2 heterocycles. The van der Waals surface area contributed by atoms with E-state index in [1.54, 1.807) is 18.2 Å². The van der Waals surface area contributed by atoms with Crippen LogP contribution >= 0.6 is 11.8 Å². The highest BCUT2D eigenvalue weighted by molar-refractivity contribution is 7.99. The van der Waals surface area contributed by atoms with Crippen LogP contribution in [0.5, 0.6) is 23.0 Å². The first kappa shape index (κ1) is 33.6. The number of hydrogen-bond donors (Lipinski definition) is 1. The van der Waals surface area contributed by atoms with Gasteiger partial charge in [-0.15, -0.1) is 0 Å². The zero-order chi connectivity index (χ0) is 29.6. The number of ether oxygens (including phenoxy) is 3. The van der Waals surface area contributed by atoms with Crippen molar-refractivity contribution in [1.29, 1.82) is 0 Å². The van der Waals surface area contributed by atoms with Gasteiger partial charge in [0.25, 0.3) is 5.91 Å². The molecule has 0 aliphatic carbocycles. The first-order valence-electron chi connectivity index (χ1n) is 13.9. The lowest BCUT2D eigenvalue weighted by Crippen LogP contribution is -3.00. The van der Waals surface area contributed by atoms with E-state index in [0.717, 1.165) is 48.9 Å². The van der Waals surface area contributed by atoms with E-state index in [-0.39, 0.29) is 45.7 Å². The van der Waals surface area contributed by atoms with E-state index in [1.807, 2.05) is 60.9 Å². The number of carbonyl (C=O) groups excluding carboxylic acids is 2. The van der Waals surface area contributed by atoms with Gasteiger partial charge in [0, 0.05) is 37.1 Å². The number of allylic oxidation sites excluding steroid dienone is 1. The topological polar surface area (TPSA) is 85.3 Å². The molecule has 0 bridgehead atoms. The fourth-order valence-corrected chi connectivity index (χ4v) is 5.76. The molecular formula is C32H41BrN2O6S. The van der Waals surface area contributed by atoms with Crippen LogP contribution in [0.4, 0.5) is 0 Å². The van der Waals surface area contributed by atoms with Gasteiger partial charge >= 0.3 is 0 Å². The minimum atomic E-state index is -0.520. The number of nitrogens with zero attached hydrogens (tertiary/aromatic N) is 2. The van der Waals surface area contributed by atoms with Crippen molar-refractivity contribution < 1.29 is 50.4 Å². The first-order valence-corrected chi connectivity index (χ1v) is 15.1. The number of thioether (sulfide) groups is 1. The largest absolute Gasteiger partial charge is 1.00 e. The number of carbonyl (C=O) groups is 2. The van der Waals surface area contributed by atoms with E-state index in [1.165, 1.54) is 13.2 Å². The molecule has 0 atom stereocenters. The van der Waals surface area contributed by atoms with E-state index in [2.05, 4.69) is 14.1 Å². The number of amides is 1. The van der Waals surface area contributed by atoms with Gasteiger partial charge in [-0.1, -0.05) is 18.2 Å². The second-order valence-corrected chi connectivity index (χ2v) is 12.8. The maximum absolute atomic E-state index is 13.1. The molecule has 0 aromatic heterocycles. The molecule has 228 valence electrons. The quantitative estimate of drug-likeness (QED) is 0.171. The molecule has 2 aliphatic heterocycles. The third kappa shape index (κ3) is 8.78. The Labute approximate surface area is 263 Å². The van der Waals surface area contributed by atoms with Gasteiger partial charge in [-0.3, -0.25) is 9.59 Å². The highest BCUT2D eigenvalue weighted by atomic mass is 79.9. The van der Waals surface area contributed by atoms with Gasteiger partial charge < -0.3 is 45.7 Å². The molecule has 8 nitrogen and oxygen atoms in total. The van der Waals surface area contributed by atoms with Crippen LogP contribution in [0, 0.1) is 0 Å². The molecule has 1 fully saturated rings. The Balaban J connectivity index is 0.00000484. The fraction of sp³-hybridized carbons (Fsp3) is 0.438. The lowest BCUT2D eigenvalue weighted by atomic mass is 9.97. The standard InChI is InChI=1S/C32H40N2O6S.BrH/c1-32(2)14-13-25-27(40-32)21-28(38-5)30(31(25)37)26(35)12-9-23-7-10-24(11-8-23)39-18-6-17-34(3,4)22-29(36)33-15-19-41-20-16-33;/h7-14,21H,6,15-20,22H2,1-5H3;1H/b12-9+;. The molecule has 0 radical (unpaired) electrons. The smallest absolute Gasteiger partial charge is 0.277 e. The number of aromatic hydroxyl groups is 1.